The fourth-order valence-electron chi connectivity index (χ4n) is 2.56. The van der Waals surface area contributed by atoms with Crippen molar-refractivity contribution in [1.82, 2.24) is 4.90 Å². The Labute approximate surface area is 107 Å². The van der Waals surface area contributed by atoms with Crippen LogP contribution in [-0.2, 0) is 11.2 Å². The molecule has 1 aromatic rings. The van der Waals surface area contributed by atoms with Gasteiger partial charge in [0, 0.05) is 19.0 Å². The quantitative estimate of drug-likeness (QED) is 0.887. The normalized spacial score (nSPS) is 19.3. The molecule has 98 valence electrons. The predicted octanol–water partition coefficient (Wildman–Crippen LogP) is 2.09. The van der Waals surface area contributed by atoms with Gasteiger partial charge >= 0.3 is 5.97 Å². The number of carbonyl (C=O) groups is 1. The van der Waals surface area contributed by atoms with Gasteiger partial charge < -0.3 is 9.84 Å². The van der Waals surface area contributed by atoms with E-state index in [4.69, 9.17) is 9.84 Å². The standard InChI is InChI=1S/C14H19NO3/c1-15-8-7-10-3-4-11(18-2)9-12(10)13(15)5-6-14(16)17/h3-4,9,13H,5-8H2,1-2H3,(H,16,17). The highest BCUT2D eigenvalue weighted by atomic mass is 16.5. The number of hydrogen-bond acceptors (Lipinski definition) is 3. The van der Waals surface area contributed by atoms with Crippen molar-refractivity contribution in [2.45, 2.75) is 25.3 Å². The van der Waals surface area contributed by atoms with E-state index in [1.807, 2.05) is 12.1 Å². The first-order chi connectivity index (χ1) is 8.61. The van der Waals surface area contributed by atoms with Crippen molar-refractivity contribution >= 4 is 5.97 Å². The molecule has 1 heterocycles. The molecule has 0 saturated heterocycles. The van der Waals surface area contributed by atoms with Crippen LogP contribution in [0.25, 0.3) is 0 Å². The first kappa shape index (κ1) is 12.9. The Morgan fingerprint density at radius 3 is 3.00 bits per heavy atom. The van der Waals surface area contributed by atoms with E-state index in [9.17, 15) is 4.79 Å². The van der Waals surface area contributed by atoms with Crippen LogP contribution in [-0.4, -0.2) is 36.7 Å². The van der Waals surface area contributed by atoms with Gasteiger partial charge in [-0.25, -0.2) is 0 Å². The minimum Gasteiger partial charge on any atom is -0.497 e. The maximum absolute atomic E-state index is 10.7. The van der Waals surface area contributed by atoms with Crippen molar-refractivity contribution < 1.29 is 14.6 Å². The molecule has 1 aliphatic heterocycles. The molecule has 0 aliphatic carbocycles. The van der Waals surface area contributed by atoms with E-state index in [1.165, 1.54) is 11.1 Å². The summed E-state index contributed by atoms with van der Waals surface area (Å²) >= 11 is 0. The molecule has 4 heteroatoms. The van der Waals surface area contributed by atoms with Crippen LogP contribution in [0.1, 0.15) is 30.0 Å². The summed E-state index contributed by atoms with van der Waals surface area (Å²) in [4.78, 5) is 13.0. The number of ether oxygens (including phenoxy) is 1. The molecule has 0 aromatic heterocycles. The van der Waals surface area contributed by atoms with Crippen molar-refractivity contribution in [3.05, 3.63) is 29.3 Å². The second-order valence-electron chi connectivity index (χ2n) is 4.74. The van der Waals surface area contributed by atoms with E-state index in [0.29, 0.717) is 6.42 Å². The number of nitrogens with zero attached hydrogens (tertiary/aromatic N) is 1. The fourth-order valence-corrected chi connectivity index (χ4v) is 2.56. The number of carboxylic acids is 1. The summed E-state index contributed by atoms with van der Waals surface area (Å²) in [5.74, 6) is 0.0998. The Bertz CT molecular complexity index is 445. The van der Waals surface area contributed by atoms with Gasteiger partial charge in [-0.15, -0.1) is 0 Å². The highest BCUT2D eigenvalue weighted by Crippen LogP contribution is 2.34. The summed E-state index contributed by atoms with van der Waals surface area (Å²) in [5.41, 5.74) is 2.52. The molecule has 0 radical (unpaired) electrons. The Morgan fingerprint density at radius 1 is 1.56 bits per heavy atom. The zero-order valence-electron chi connectivity index (χ0n) is 10.8. The van der Waals surface area contributed by atoms with Crippen LogP contribution in [0.5, 0.6) is 5.75 Å². The van der Waals surface area contributed by atoms with Crippen LogP contribution < -0.4 is 4.74 Å². The van der Waals surface area contributed by atoms with Crippen molar-refractivity contribution in [3.63, 3.8) is 0 Å². The lowest BCUT2D eigenvalue weighted by atomic mass is 9.90. The smallest absolute Gasteiger partial charge is 0.303 e. The molecule has 4 nitrogen and oxygen atoms in total. The molecular weight excluding hydrogens is 230 g/mol. The molecule has 18 heavy (non-hydrogen) atoms. The lowest BCUT2D eigenvalue weighted by Gasteiger charge is -2.34. The van der Waals surface area contributed by atoms with E-state index in [0.717, 1.165) is 18.7 Å². The number of fused-ring (bicyclic) bond motifs is 1. The Kier molecular flexibility index (Phi) is 3.87. The van der Waals surface area contributed by atoms with Gasteiger partial charge in [-0.1, -0.05) is 6.07 Å². The van der Waals surface area contributed by atoms with Gasteiger partial charge in [-0.05, 0) is 43.1 Å². The number of aliphatic carboxylic acids is 1. The Balaban J connectivity index is 2.26. The molecule has 1 unspecified atom stereocenters. The zero-order valence-corrected chi connectivity index (χ0v) is 10.8. The summed E-state index contributed by atoms with van der Waals surface area (Å²) < 4.78 is 5.25. The van der Waals surface area contributed by atoms with E-state index < -0.39 is 5.97 Å². The molecule has 0 saturated carbocycles. The molecule has 1 aromatic carbocycles. The molecule has 0 fully saturated rings. The number of benzene rings is 1. The molecule has 0 bridgehead atoms. The van der Waals surface area contributed by atoms with Crippen LogP contribution >= 0.6 is 0 Å². The van der Waals surface area contributed by atoms with E-state index in [2.05, 4.69) is 18.0 Å². The first-order valence-electron chi connectivity index (χ1n) is 6.20. The van der Waals surface area contributed by atoms with Crippen molar-refractivity contribution in [2.75, 3.05) is 20.7 Å². The van der Waals surface area contributed by atoms with Gasteiger partial charge in [-0.2, -0.15) is 0 Å². The molecule has 0 amide bonds. The average molecular weight is 249 g/mol. The summed E-state index contributed by atoms with van der Waals surface area (Å²) in [6.07, 6.45) is 1.86. The minimum atomic E-state index is -0.738. The second-order valence-corrected chi connectivity index (χ2v) is 4.74. The summed E-state index contributed by atoms with van der Waals surface area (Å²) in [7, 11) is 3.70. The third kappa shape index (κ3) is 2.64. The molecule has 1 aliphatic rings. The van der Waals surface area contributed by atoms with Crippen molar-refractivity contribution in [3.8, 4) is 5.75 Å². The number of methoxy groups -OCH3 is 1. The lowest BCUT2D eigenvalue weighted by Crippen LogP contribution is -2.32. The Hall–Kier alpha value is -1.55. The second kappa shape index (κ2) is 5.40. The molecular formula is C14H19NO3. The number of rotatable bonds is 4. The van der Waals surface area contributed by atoms with Crippen LogP contribution in [0.3, 0.4) is 0 Å². The Morgan fingerprint density at radius 2 is 2.33 bits per heavy atom. The molecule has 0 spiro atoms. The monoisotopic (exact) mass is 249 g/mol. The van der Waals surface area contributed by atoms with Crippen LogP contribution in [0.15, 0.2) is 18.2 Å². The molecule has 2 rings (SSSR count). The number of carboxylic acid groups (broad SMARTS) is 1. The van der Waals surface area contributed by atoms with Gasteiger partial charge in [0.2, 0.25) is 0 Å². The number of hydrogen-bond donors (Lipinski definition) is 1. The van der Waals surface area contributed by atoms with E-state index in [-0.39, 0.29) is 12.5 Å². The van der Waals surface area contributed by atoms with E-state index >= 15 is 0 Å². The van der Waals surface area contributed by atoms with Gasteiger partial charge in [-0.3, -0.25) is 9.69 Å². The predicted molar refractivity (Wildman–Crippen MR) is 68.9 cm³/mol. The van der Waals surface area contributed by atoms with Gasteiger partial charge in [0.05, 0.1) is 7.11 Å². The first-order valence-corrected chi connectivity index (χ1v) is 6.20. The maximum atomic E-state index is 10.7. The third-order valence-corrected chi connectivity index (χ3v) is 3.61. The molecule has 1 N–H and O–H groups in total. The largest absolute Gasteiger partial charge is 0.497 e. The van der Waals surface area contributed by atoms with Crippen LogP contribution in [0.2, 0.25) is 0 Å². The summed E-state index contributed by atoms with van der Waals surface area (Å²) in [5, 5.41) is 8.84. The molecule has 1 atom stereocenters. The van der Waals surface area contributed by atoms with E-state index in [1.54, 1.807) is 7.11 Å². The van der Waals surface area contributed by atoms with Gasteiger partial charge in [0.25, 0.3) is 0 Å². The van der Waals surface area contributed by atoms with Crippen LogP contribution in [0, 0.1) is 0 Å². The van der Waals surface area contributed by atoms with Crippen molar-refractivity contribution in [1.29, 1.82) is 0 Å². The van der Waals surface area contributed by atoms with Gasteiger partial charge in [0.1, 0.15) is 5.75 Å². The fraction of sp³-hybridized carbons (Fsp3) is 0.500. The lowest BCUT2D eigenvalue weighted by molar-refractivity contribution is -0.137. The number of likely N-dealkylation sites (N-methyl/N-ethyl adjacent to an activating group) is 1. The summed E-state index contributed by atoms with van der Waals surface area (Å²) in [6.45, 7) is 0.976. The van der Waals surface area contributed by atoms with Crippen molar-refractivity contribution in [2.24, 2.45) is 0 Å². The third-order valence-electron chi connectivity index (χ3n) is 3.61. The van der Waals surface area contributed by atoms with Crippen LogP contribution in [0.4, 0.5) is 0 Å². The van der Waals surface area contributed by atoms with Gasteiger partial charge in [0.15, 0.2) is 0 Å². The maximum Gasteiger partial charge on any atom is 0.303 e. The average Bonchev–Trinajstić information content (AvgIpc) is 2.36. The topological polar surface area (TPSA) is 49.8 Å². The highest BCUT2D eigenvalue weighted by Gasteiger charge is 2.25. The highest BCUT2D eigenvalue weighted by molar-refractivity contribution is 5.66. The SMILES string of the molecule is COc1ccc2c(c1)C(CCC(=O)O)N(C)CC2. The summed E-state index contributed by atoms with van der Waals surface area (Å²) in [6, 6.07) is 6.28. The zero-order chi connectivity index (χ0) is 13.1. The minimum absolute atomic E-state index is 0.181.